The van der Waals surface area contributed by atoms with Crippen LogP contribution in [0, 0.1) is 0 Å². The van der Waals surface area contributed by atoms with E-state index in [1.54, 1.807) is 0 Å². The van der Waals surface area contributed by atoms with E-state index in [0.29, 0.717) is 0 Å². The average molecular weight is 278 g/mol. The standard InChI is InChI=1S/C21H26/c1-5-7-16(3)14-20-12-13-21(15-17(20)4)19-10-8-18(6-2)9-11-19/h6,8-11,14-15H,2,5,7,12-13H2,1,3-4H3/b16-14-. The molecule has 0 amide bonds. The summed E-state index contributed by atoms with van der Waals surface area (Å²) in [5.74, 6) is 0. The molecule has 0 atom stereocenters. The van der Waals surface area contributed by atoms with E-state index in [1.165, 1.54) is 46.3 Å². The minimum atomic E-state index is 1.13. The number of hydrogen-bond donors (Lipinski definition) is 0. The SMILES string of the molecule is C=Cc1ccc(C2=CC(C)=C(/C=C(/C)CCC)CC2)cc1. The van der Waals surface area contributed by atoms with Gasteiger partial charge in [-0.05, 0) is 61.0 Å². The van der Waals surface area contributed by atoms with Gasteiger partial charge in [-0.3, -0.25) is 0 Å². The first-order chi connectivity index (χ1) is 10.1. The van der Waals surface area contributed by atoms with E-state index in [4.69, 9.17) is 0 Å². The summed E-state index contributed by atoms with van der Waals surface area (Å²) in [5.41, 5.74) is 8.40. The van der Waals surface area contributed by atoms with Crippen molar-refractivity contribution in [3.63, 3.8) is 0 Å². The lowest BCUT2D eigenvalue weighted by Crippen LogP contribution is -1.97. The number of benzene rings is 1. The van der Waals surface area contributed by atoms with E-state index in [2.05, 4.69) is 63.8 Å². The van der Waals surface area contributed by atoms with Crippen LogP contribution >= 0.6 is 0 Å². The molecule has 21 heavy (non-hydrogen) atoms. The quantitative estimate of drug-likeness (QED) is 0.571. The fourth-order valence-corrected chi connectivity index (χ4v) is 2.90. The van der Waals surface area contributed by atoms with Crippen molar-refractivity contribution in [3.8, 4) is 0 Å². The minimum Gasteiger partial charge on any atom is -0.0985 e. The summed E-state index contributed by atoms with van der Waals surface area (Å²) in [7, 11) is 0. The molecule has 1 aromatic carbocycles. The van der Waals surface area contributed by atoms with E-state index in [0.717, 1.165) is 12.8 Å². The van der Waals surface area contributed by atoms with Crippen molar-refractivity contribution < 1.29 is 0 Å². The lowest BCUT2D eigenvalue weighted by atomic mass is 9.88. The van der Waals surface area contributed by atoms with Crippen LogP contribution in [0.2, 0.25) is 0 Å². The molecule has 1 aliphatic carbocycles. The fraction of sp³-hybridized carbons (Fsp3) is 0.333. The summed E-state index contributed by atoms with van der Waals surface area (Å²) >= 11 is 0. The third-order valence-corrected chi connectivity index (χ3v) is 4.14. The monoisotopic (exact) mass is 278 g/mol. The molecular weight excluding hydrogens is 252 g/mol. The van der Waals surface area contributed by atoms with Gasteiger partial charge in [0, 0.05) is 0 Å². The largest absolute Gasteiger partial charge is 0.0985 e. The number of allylic oxidation sites excluding steroid dienone is 6. The molecule has 0 bridgehead atoms. The summed E-state index contributed by atoms with van der Waals surface area (Å²) < 4.78 is 0. The Labute approximate surface area is 129 Å². The molecule has 0 saturated carbocycles. The average Bonchev–Trinajstić information content (AvgIpc) is 2.50. The van der Waals surface area contributed by atoms with Gasteiger partial charge in [-0.25, -0.2) is 0 Å². The Hall–Kier alpha value is -1.82. The van der Waals surface area contributed by atoms with Gasteiger partial charge in [0.15, 0.2) is 0 Å². The lowest BCUT2D eigenvalue weighted by Gasteiger charge is -2.17. The van der Waals surface area contributed by atoms with Crippen LogP contribution in [-0.4, -0.2) is 0 Å². The Morgan fingerprint density at radius 2 is 1.90 bits per heavy atom. The molecular formula is C21H26. The van der Waals surface area contributed by atoms with Crippen molar-refractivity contribution in [3.05, 3.63) is 70.8 Å². The first-order valence-corrected chi connectivity index (χ1v) is 7.94. The molecule has 0 aromatic heterocycles. The maximum Gasteiger partial charge on any atom is -0.0224 e. The van der Waals surface area contributed by atoms with Crippen LogP contribution in [0.5, 0.6) is 0 Å². The lowest BCUT2D eigenvalue weighted by molar-refractivity contribution is 0.895. The second kappa shape index (κ2) is 7.26. The molecule has 0 nitrogen and oxygen atoms in total. The van der Waals surface area contributed by atoms with E-state index >= 15 is 0 Å². The van der Waals surface area contributed by atoms with Gasteiger partial charge in [0.2, 0.25) is 0 Å². The summed E-state index contributed by atoms with van der Waals surface area (Å²) in [6.07, 6.45) is 11.4. The van der Waals surface area contributed by atoms with Crippen LogP contribution in [0.25, 0.3) is 11.6 Å². The fourth-order valence-electron chi connectivity index (χ4n) is 2.90. The maximum atomic E-state index is 3.81. The number of rotatable bonds is 5. The van der Waals surface area contributed by atoms with Gasteiger partial charge < -0.3 is 0 Å². The summed E-state index contributed by atoms with van der Waals surface area (Å²) in [5, 5.41) is 0. The normalized spacial score (nSPS) is 16.0. The van der Waals surface area contributed by atoms with Crippen molar-refractivity contribution in [2.24, 2.45) is 0 Å². The second-order valence-electron chi connectivity index (χ2n) is 5.94. The van der Waals surface area contributed by atoms with Crippen molar-refractivity contribution in [1.82, 2.24) is 0 Å². The van der Waals surface area contributed by atoms with E-state index in [9.17, 15) is 0 Å². The van der Waals surface area contributed by atoms with Crippen LogP contribution in [0.15, 0.2) is 59.7 Å². The van der Waals surface area contributed by atoms with Gasteiger partial charge in [-0.1, -0.05) is 68.0 Å². The predicted molar refractivity (Wildman–Crippen MR) is 95.1 cm³/mol. The molecule has 110 valence electrons. The molecule has 1 aliphatic rings. The third-order valence-electron chi connectivity index (χ3n) is 4.14. The van der Waals surface area contributed by atoms with Crippen LogP contribution in [0.4, 0.5) is 0 Å². The maximum absolute atomic E-state index is 3.81. The summed E-state index contributed by atoms with van der Waals surface area (Å²) in [6, 6.07) is 8.70. The molecule has 0 saturated heterocycles. The molecule has 0 N–H and O–H groups in total. The minimum absolute atomic E-state index is 1.13. The van der Waals surface area contributed by atoms with E-state index in [-0.39, 0.29) is 0 Å². The highest BCUT2D eigenvalue weighted by atomic mass is 14.2. The topological polar surface area (TPSA) is 0 Å². The Bertz CT molecular complexity index is 591. The molecule has 0 fully saturated rings. The third kappa shape index (κ3) is 4.07. The van der Waals surface area contributed by atoms with E-state index in [1.807, 2.05) is 6.08 Å². The molecule has 0 heterocycles. The Morgan fingerprint density at radius 1 is 1.19 bits per heavy atom. The molecule has 1 aromatic rings. The molecule has 2 rings (SSSR count). The highest BCUT2D eigenvalue weighted by Crippen LogP contribution is 2.31. The van der Waals surface area contributed by atoms with Crippen molar-refractivity contribution >= 4 is 11.6 Å². The smallest absolute Gasteiger partial charge is 0.0224 e. The molecule has 0 aliphatic heterocycles. The molecule has 0 radical (unpaired) electrons. The van der Waals surface area contributed by atoms with Gasteiger partial charge in [0.05, 0.1) is 0 Å². The van der Waals surface area contributed by atoms with Gasteiger partial charge in [0.25, 0.3) is 0 Å². The van der Waals surface area contributed by atoms with Gasteiger partial charge >= 0.3 is 0 Å². The van der Waals surface area contributed by atoms with Crippen LogP contribution in [0.3, 0.4) is 0 Å². The zero-order chi connectivity index (χ0) is 15.2. The first-order valence-electron chi connectivity index (χ1n) is 7.94. The van der Waals surface area contributed by atoms with Gasteiger partial charge in [-0.2, -0.15) is 0 Å². The van der Waals surface area contributed by atoms with Crippen LogP contribution < -0.4 is 0 Å². The molecule has 0 unspecified atom stereocenters. The number of hydrogen-bond acceptors (Lipinski definition) is 0. The summed E-state index contributed by atoms with van der Waals surface area (Å²) in [4.78, 5) is 0. The molecule has 0 spiro atoms. The van der Waals surface area contributed by atoms with Gasteiger partial charge in [0.1, 0.15) is 0 Å². The van der Waals surface area contributed by atoms with Crippen LogP contribution in [0.1, 0.15) is 57.6 Å². The Balaban J connectivity index is 2.23. The zero-order valence-corrected chi connectivity index (χ0v) is 13.6. The highest BCUT2D eigenvalue weighted by Gasteiger charge is 2.11. The predicted octanol–water partition coefficient (Wildman–Crippen LogP) is 6.57. The van der Waals surface area contributed by atoms with Gasteiger partial charge in [-0.15, -0.1) is 0 Å². The zero-order valence-electron chi connectivity index (χ0n) is 13.6. The van der Waals surface area contributed by atoms with Crippen molar-refractivity contribution in [2.45, 2.75) is 46.5 Å². The Kier molecular flexibility index (Phi) is 5.38. The van der Waals surface area contributed by atoms with Crippen LogP contribution in [-0.2, 0) is 0 Å². The molecule has 0 heteroatoms. The second-order valence-corrected chi connectivity index (χ2v) is 5.94. The highest BCUT2D eigenvalue weighted by molar-refractivity contribution is 5.71. The first kappa shape index (κ1) is 15.6. The van der Waals surface area contributed by atoms with Crippen molar-refractivity contribution in [1.29, 1.82) is 0 Å². The van der Waals surface area contributed by atoms with E-state index < -0.39 is 0 Å². The Morgan fingerprint density at radius 3 is 2.48 bits per heavy atom. The van der Waals surface area contributed by atoms with Crippen molar-refractivity contribution in [2.75, 3.05) is 0 Å². The summed E-state index contributed by atoms with van der Waals surface area (Å²) in [6.45, 7) is 10.5.